The van der Waals surface area contributed by atoms with Crippen molar-refractivity contribution in [1.82, 2.24) is 0 Å². The third-order valence-corrected chi connectivity index (χ3v) is 3.43. The first-order valence-electron chi connectivity index (χ1n) is 6.07. The lowest BCUT2D eigenvalue weighted by Crippen LogP contribution is -2.26. The summed E-state index contributed by atoms with van der Waals surface area (Å²) in [6, 6.07) is 6.31. The van der Waals surface area contributed by atoms with Crippen LogP contribution in [0.1, 0.15) is 44.4 Å². The van der Waals surface area contributed by atoms with Crippen molar-refractivity contribution in [1.29, 1.82) is 0 Å². The van der Waals surface area contributed by atoms with Crippen molar-refractivity contribution in [2.45, 2.75) is 45.4 Å². The van der Waals surface area contributed by atoms with E-state index in [1.54, 1.807) is 0 Å². The van der Waals surface area contributed by atoms with Crippen molar-refractivity contribution < 1.29 is 10.2 Å². The fourth-order valence-electron chi connectivity index (χ4n) is 1.75. The van der Waals surface area contributed by atoms with Crippen LogP contribution in [0, 0.1) is 6.92 Å². The van der Waals surface area contributed by atoms with Crippen molar-refractivity contribution in [3.8, 4) is 0 Å². The topological polar surface area (TPSA) is 40.5 Å². The van der Waals surface area contributed by atoms with E-state index in [1.165, 1.54) is 5.56 Å². The number of aliphatic hydroxyl groups excluding tert-OH is 2. The van der Waals surface area contributed by atoms with Gasteiger partial charge in [0.05, 0.1) is 13.2 Å². The highest BCUT2D eigenvalue weighted by Crippen LogP contribution is 2.30. The Hall–Kier alpha value is -0.860. The van der Waals surface area contributed by atoms with Gasteiger partial charge in [-0.3, -0.25) is 0 Å². The number of hydrogen-bond acceptors (Lipinski definition) is 2. The van der Waals surface area contributed by atoms with Gasteiger partial charge in [-0.05, 0) is 18.1 Å². The van der Waals surface area contributed by atoms with Gasteiger partial charge >= 0.3 is 0 Å². The predicted octanol–water partition coefficient (Wildman–Crippen LogP) is 2.53. The van der Waals surface area contributed by atoms with Crippen LogP contribution in [-0.4, -0.2) is 23.4 Å². The molecule has 17 heavy (non-hydrogen) atoms. The Balaban J connectivity index is 3.29. The minimum atomic E-state index is -0.244. The molecular weight excluding hydrogens is 212 g/mol. The van der Waals surface area contributed by atoms with Crippen molar-refractivity contribution >= 4 is 0 Å². The Bertz CT molecular complexity index is 358. The van der Waals surface area contributed by atoms with Crippen molar-refractivity contribution in [2.75, 3.05) is 13.2 Å². The molecule has 2 heteroatoms. The molecule has 1 aromatic carbocycles. The van der Waals surface area contributed by atoms with Crippen LogP contribution in [-0.2, 0) is 10.8 Å². The molecule has 0 spiro atoms. The first-order valence-corrected chi connectivity index (χ1v) is 6.07. The maximum Gasteiger partial charge on any atom is 0.0522 e. The number of aliphatic hydroxyl groups is 2. The molecule has 0 amide bonds. The summed E-state index contributed by atoms with van der Waals surface area (Å²) in [6.07, 6.45) is 0. The Kier molecular flexibility index (Phi) is 4.00. The van der Waals surface area contributed by atoms with E-state index in [4.69, 9.17) is 0 Å². The lowest BCUT2D eigenvalue weighted by Gasteiger charge is -2.28. The highest BCUT2D eigenvalue weighted by molar-refractivity contribution is 5.37. The second kappa shape index (κ2) is 4.79. The van der Waals surface area contributed by atoms with E-state index < -0.39 is 0 Å². The average molecular weight is 236 g/mol. The summed E-state index contributed by atoms with van der Waals surface area (Å²) >= 11 is 0. The van der Waals surface area contributed by atoms with Gasteiger partial charge in [-0.25, -0.2) is 0 Å². The summed E-state index contributed by atoms with van der Waals surface area (Å²) in [6.45, 7) is 10.4. The van der Waals surface area contributed by atoms with Gasteiger partial charge in [0, 0.05) is 10.8 Å². The van der Waals surface area contributed by atoms with Gasteiger partial charge in [-0.2, -0.15) is 0 Å². The minimum absolute atomic E-state index is 0.120. The van der Waals surface area contributed by atoms with Crippen molar-refractivity contribution in [3.05, 3.63) is 34.9 Å². The zero-order chi connectivity index (χ0) is 13.3. The van der Waals surface area contributed by atoms with Gasteiger partial charge in [0.25, 0.3) is 0 Å². The largest absolute Gasteiger partial charge is 0.395 e. The molecule has 0 heterocycles. The highest BCUT2D eigenvalue weighted by Gasteiger charge is 2.24. The molecule has 0 saturated heterocycles. The first kappa shape index (κ1) is 14.2. The van der Waals surface area contributed by atoms with Crippen molar-refractivity contribution in [3.63, 3.8) is 0 Å². The second-order valence-corrected chi connectivity index (χ2v) is 6.17. The summed E-state index contributed by atoms with van der Waals surface area (Å²) in [7, 11) is 0. The van der Waals surface area contributed by atoms with Gasteiger partial charge in [0.15, 0.2) is 0 Å². The van der Waals surface area contributed by atoms with Crippen LogP contribution >= 0.6 is 0 Å². The SMILES string of the molecule is Cc1cc(C(C)(C)CO)cc(C(C)(C)CO)c1. The molecule has 1 rings (SSSR count). The number of rotatable bonds is 4. The molecule has 2 nitrogen and oxygen atoms in total. The monoisotopic (exact) mass is 236 g/mol. The van der Waals surface area contributed by atoms with Gasteiger partial charge in [0.2, 0.25) is 0 Å². The molecule has 0 aliphatic rings. The molecule has 0 fully saturated rings. The molecule has 0 aliphatic carbocycles. The Morgan fingerprint density at radius 2 is 1.18 bits per heavy atom. The first-order chi connectivity index (χ1) is 7.73. The molecular formula is C15H24O2. The van der Waals surface area contributed by atoms with E-state index >= 15 is 0 Å². The number of benzene rings is 1. The van der Waals surface area contributed by atoms with Gasteiger partial charge < -0.3 is 10.2 Å². The number of hydrogen-bond donors (Lipinski definition) is 2. The molecule has 0 radical (unpaired) electrons. The van der Waals surface area contributed by atoms with Crippen LogP contribution in [0.3, 0.4) is 0 Å². The van der Waals surface area contributed by atoms with Gasteiger partial charge in [-0.15, -0.1) is 0 Å². The van der Waals surface area contributed by atoms with Crippen LogP contribution in [0.25, 0.3) is 0 Å². The standard InChI is InChI=1S/C15H24O2/c1-11-6-12(14(2,3)9-16)8-13(7-11)15(4,5)10-17/h6-8,16-17H,9-10H2,1-5H3. The maximum atomic E-state index is 9.44. The lowest BCUT2D eigenvalue weighted by atomic mass is 9.78. The molecule has 0 bridgehead atoms. The molecule has 1 aromatic rings. The van der Waals surface area contributed by atoms with Crippen LogP contribution < -0.4 is 0 Å². The van der Waals surface area contributed by atoms with E-state index in [1.807, 2.05) is 34.6 Å². The summed E-state index contributed by atoms with van der Waals surface area (Å²) in [4.78, 5) is 0. The zero-order valence-corrected chi connectivity index (χ0v) is 11.5. The summed E-state index contributed by atoms with van der Waals surface area (Å²) in [5.74, 6) is 0. The average Bonchev–Trinajstić information content (AvgIpc) is 2.28. The summed E-state index contributed by atoms with van der Waals surface area (Å²) in [5, 5.41) is 18.9. The van der Waals surface area contributed by atoms with Crippen molar-refractivity contribution in [2.24, 2.45) is 0 Å². The molecule has 96 valence electrons. The maximum absolute atomic E-state index is 9.44. The van der Waals surface area contributed by atoms with E-state index in [0.29, 0.717) is 0 Å². The molecule has 0 aromatic heterocycles. The lowest BCUT2D eigenvalue weighted by molar-refractivity contribution is 0.214. The minimum Gasteiger partial charge on any atom is -0.395 e. The summed E-state index contributed by atoms with van der Waals surface area (Å²) < 4.78 is 0. The zero-order valence-electron chi connectivity index (χ0n) is 11.5. The number of aryl methyl sites for hydroxylation is 1. The van der Waals surface area contributed by atoms with E-state index in [0.717, 1.165) is 11.1 Å². The highest BCUT2D eigenvalue weighted by atomic mass is 16.3. The third kappa shape index (κ3) is 3.08. The molecule has 0 aliphatic heterocycles. The summed E-state index contributed by atoms with van der Waals surface area (Å²) in [5.41, 5.74) is 2.92. The Morgan fingerprint density at radius 3 is 1.47 bits per heavy atom. The smallest absolute Gasteiger partial charge is 0.0522 e. The van der Waals surface area contributed by atoms with Crippen LogP contribution in [0.5, 0.6) is 0 Å². The van der Waals surface area contributed by atoms with Gasteiger partial charge in [-0.1, -0.05) is 51.5 Å². The quantitative estimate of drug-likeness (QED) is 0.843. The van der Waals surface area contributed by atoms with Crippen LogP contribution in [0.15, 0.2) is 18.2 Å². The van der Waals surface area contributed by atoms with E-state index in [2.05, 4.69) is 18.2 Å². The molecule has 0 atom stereocenters. The van der Waals surface area contributed by atoms with Crippen LogP contribution in [0.2, 0.25) is 0 Å². The van der Waals surface area contributed by atoms with E-state index in [-0.39, 0.29) is 24.0 Å². The fourth-order valence-corrected chi connectivity index (χ4v) is 1.75. The normalized spacial score (nSPS) is 12.9. The fraction of sp³-hybridized carbons (Fsp3) is 0.600. The predicted molar refractivity (Wildman–Crippen MR) is 71.4 cm³/mol. The Morgan fingerprint density at radius 1 is 0.824 bits per heavy atom. The van der Waals surface area contributed by atoms with E-state index in [9.17, 15) is 10.2 Å². The van der Waals surface area contributed by atoms with Crippen LogP contribution in [0.4, 0.5) is 0 Å². The molecule has 0 unspecified atom stereocenters. The molecule has 0 saturated carbocycles. The molecule has 2 N–H and O–H groups in total. The van der Waals surface area contributed by atoms with Gasteiger partial charge in [0.1, 0.15) is 0 Å². The third-order valence-electron chi connectivity index (χ3n) is 3.43. The Labute approximate surface area is 104 Å². The second-order valence-electron chi connectivity index (χ2n) is 6.17.